The Morgan fingerprint density at radius 2 is 1.40 bits per heavy atom. The van der Waals surface area contributed by atoms with Crippen molar-refractivity contribution in [2.75, 3.05) is 0 Å². The average Bonchev–Trinajstić information content (AvgIpc) is 3.56. The molecule has 0 atom stereocenters. The van der Waals surface area contributed by atoms with Crippen LogP contribution in [0.1, 0.15) is 72.6 Å². The number of carboxylic acid groups (broad SMARTS) is 2. The van der Waals surface area contributed by atoms with Gasteiger partial charge in [-0.1, -0.05) is 34.8 Å². The molecule has 0 aliphatic carbocycles. The van der Waals surface area contributed by atoms with Gasteiger partial charge >= 0.3 is 29.0 Å². The van der Waals surface area contributed by atoms with Crippen LogP contribution in [0.15, 0.2) is 24.3 Å². The second-order valence-corrected chi connectivity index (χ2v) is 10.2. The summed E-state index contributed by atoms with van der Waals surface area (Å²) in [5, 5.41) is 30.8. The van der Waals surface area contributed by atoms with E-state index in [9.17, 15) is 29.9 Å². The van der Waals surface area contributed by atoms with Gasteiger partial charge in [-0.05, 0) is 69.4 Å². The maximum Gasteiger partial charge on any atom is 2.00 e. The molecule has 1 radical (unpaired) electrons. The van der Waals surface area contributed by atoms with Gasteiger partial charge in [-0.15, -0.1) is 16.6 Å². The molecule has 2 aliphatic rings. The van der Waals surface area contributed by atoms with Gasteiger partial charge in [0, 0.05) is 18.4 Å². The monoisotopic (exact) mass is 616 g/mol. The van der Waals surface area contributed by atoms with Crippen molar-refractivity contribution in [3.63, 3.8) is 0 Å². The third-order valence-corrected chi connectivity index (χ3v) is 7.48. The number of aromatic nitrogens is 4. The molecule has 5 heterocycles. The van der Waals surface area contributed by atoms with Gasteiger partial charge in [0.1, 0.15) is 0 Å². The summed E-state index contributed by atoms with van der Waals surface area (Å²) in [6.07, 6.45) is 2.07. The van der Waals surface area contributed by atoms with Crippen molar-refractivity contribution in [1.29, 1.82) is 0 Å². The summed E-state index contributed by atoms with van der Waals surface area (Å²) in [5.74, 6) is -1.91. The first-order valence-electron chi connectivity index (χ1n) is 13.0. The van der Waals surface area contributed by atoms with Crippen molar-refractivity contribution in [2.24, 2.45) is 0 Å². The molecule has 42 heavy (non-hydrogen) atoms. The summed E-state index contributed by atoms with van der Waals surface area (Å²) in [7, 11) is 0. The van der Waals surface area contributed by atoms with Crippen LogP contribution in [0.3, 0.4) is 0 Å². The summed E-state index contributed by atoms with van der Waals surface area (Å²) in [6, 6.07) is 6.83. The van der Waals surface area contributed by atoms with Crippen LogP contribution in [0.2, 0.25) is 0 Å². The number of hydrogen-bond donors (Lipinski definition) is 2. The van der Waals surface area contributed by atoms with Gasteiger partial charge in [-0.25, -0.2) is 9.97 Å². The zero-order valence-electron chi connectivity index (χ0n) is 23.3. The number of aliphatic carboxylic acids is 2. The normalized spacial score (nSPS) is 12.6. The minimum Gasteiger partial charge on any atom is -0.657 e. The number of carboxylic acids is 2. The molecule has 2 aliphatic heterocycles. The van der Waals surface area contributed by atoms with Crippen LogP contribution in [-0.2, 0) is 33.1 Å². The minimum atomic E-state index is -0.970. The molecule has 8 bridgehead atoms. The molecule has 0 saturated carbocycles. The number of aryl methyl sites for hydroxylation is 3. The Bertz CT molecular complexity index is 1880. The predicted molar refractivity (Wildman–Crippen MR) is 154 cm³/mol. The molecular formula is C30H27CuN5O6. The fraction of sp³-hybridized carbons (Fsp3) is 0.267. The molecule has 2 N–H and O–H groups in total. The fourth-order valence-electron chi connectivity index (χ4n) is 5.23. The van der Waals surface area contributed by atoms with Gasteiger partial charge in [-0.3, -0.25) is 19.7 Å². The largest absolute Gasteiger partial charge is 2.00 e. The Labute approximate surface area is 251 Å². The maximum atomic E-state index is 12.1. The van der Waals surface area contributed by atoms with E-state index in [4.69, 9.17) is 15.0 Å². The van der Waals surface area contributed by atoms with Crippen molar-refractivity contribution in [3.8, 4) is 0 Å². The molecule has 0 unspecified atom stereocenters. The Morgan fingerprint density at radius 1 is 0.810 bits per heavy atom. The summed E-state index contributed by atoms with van der Waals surface area (Å²) >= 11 is 0. The van der Waals surface area contributed by atoms with Crippen LogP contribution in [-0.4, -0.2) is 37.0 Å². The molecule has 5 rings (SSSR count). The number of carbonyl (C=O) groups is 2. The van der Waals surface area contributed by atoms with Crippen LogP contribution >= 0.6 is 0 Å². The van der Waals surface area contributed by atoms with Gasteiger partial charge in [0.2, 0.25) is 0 Å². The first kappa shape index (κ1) is 30.4. The van der Waals surface area contributed by atoms with E-state index in [1.807, 2.05) is 26.0 Å². The van der Waals surface area contributed by atoms with Crippen LogP contribution < -0.4 is 9.97 Å². The molecule has 0 spiro atoms. The van der Waals surface area contributed by atoms with E-state index in [0.29, 0.717) is 56.0 Å². The summed E-state index contributed by atoms with van der Waals surface area (Å²) in [6.45, 7) is 7.23. The second kappa shape index (κ2) is 11.8. The zero-order chi connectivity index (χ0) is 29.6. The number of fused-ring (bicyclic) bond motifs is 8. The first-order chi connectivity index (χ1) is 19.4. The second-order valence-electron chi connectivity index (χ2n) is 10.2. The molecular weight excluding hydrogens is 590 g/mol. The minimum absolute atomic E-state index is 0. The number of rotatable bonds is 7. The molecule has 0 fully saturated rings. The van der Waals surface area contributed by atoms with Crippen molar-refractivity contribution < 1.29 is 41.8 Å². The molecule has 3 aromatic rings. The van der Waals surface area contributed by atoms with E-state index in [2.05, 4.69) is 4.98 Å². The summed E-state index contributed by atoms with van der Waals surface area (Å²) in [4.78, 5) is 53.3. The van der Waals surface area contributed by atoms with Gasteiger partial charge < -0.3 is 20.2 Å². The standard InChI is InChI=1S/C30H29N5O6.Cu/c1-14-9-18-10-22-17(4)30(35(40)41)27(34-22)12-24-16(3)20(6-8-29(38)39)26(33-24)13-25-19(5-7-28(36)37)15(2)23(32-25)11-21(14)31-18;/h9-13H,5-8H2,1-4H3,(H4,31,32,33,34,36,37,38,39);/q;+2/p-2. The van der Waals surface area contributed by atoms with Crippen LogP contribution in [0.5, 0.6) is 0 Å². The predicted octanol–water partition coefficient (Wildman–Crippen LogP) is 5.47. The first-order valence-corrected chi connectivity index (χ1v) is 13.0. The van der Waals surface area contributed by atoms with Crippen LogP contribution in [0, 0.1) is 24.0 Å². The molecule has 11 nitrogen and oxygen atoms in total. The van der Waals surface area contributed by atoms with E-state index in [0.717, 1.165) is 16.7 Å². The van der Waals surface area contributed by atoms with E-state index in [-0.39, 0.29) is 54.0 Å². The number of hydrogen-bond acceptors (Lipinski definition) is 6. The van der Waals surface area contributed by atoms with Crippen molar-refractivity contribution in [1.82, 2.24) is 19.9 Å². The van der Waals surface area contributed by atoms with Gasteiger partial charge in [0.05, 0.1) is 27.7 Å². The fourth-order valence-corrected chi connectivity index (χ4v) is 5.23. The van der Waals surface area contributed by atoms with Crippen LogP contribution in [0.4, 0.5) is 5.69 Å². The van der Waals surface area contributed by atoms with E-state index in [1.165, 1.54) is 0 Å². The van der Waals surface area contributed by atoms with Gasteiger partial charge in [0.15, 0.2) is 0 Å². The van der Waals surface area contributed by atoms with Gasteiger partial charge in [-0.2, -0.15) is 0 Å². The molecule has 0 saturated heterocycles. The third kappa shape index (κ3) is 5.77. The third-order valence-electron chi connectivity index (χ3n) is 7.48. The molecule has 3 aromatic heterocycles. The van der Waals surface area contributed by atoms with E-state index < -0.39 is 16.9 Å². The number of nitrogens with zero attached hydrogens (tertiary/aromatic N) is 5. The summed E-state index contributed by atoms with van der Waals surface area (Å²) < 4.78 is 0. The smallest absolute Gasteiger partial charge is 0.657 e. The molecule has 12 heteroatoms. The average molecular weight is 617 g/mol. The Hall–Kier alpha value is -4.54. The Balaban J connectivity index is 0.00000405. The summed E-state index contributed by atoms with van der Waals surface area (Å²) in [5.41, 5.74) is 7.98. The van der Waals surface area contributed by atoms with Crippen molar-refractivity contribution >= 4 is 62.5 Å². The Kier molecular flexibility index (Phi) is 8.51. The zero-order valence-corrected chi connectivity index (χ0v) is 24.2. The van der Waals surface area contributed by atoms with Crippen molar-refractivity contribution in [2.45, 2.75) is 53.4 Å². The van der Waals surface area contributed by atoms with Crippen molar-refractivity contribution in [3.05, 3.63) is 73.8 Å². The quantitative estimate of drug-likeness (QED) is 0.197. The SMILES string of the molecule is CC1=Cc2cc3[n-]c(cc4nc(cc5[n-]c(cc1n2)c(C)c5CCC(=O)O)C(CCC(=O)O)=C4C)c([N+](=O)[O-])c3C.[Cu+2]. The molecule has 0 amide bonds. The van der Waals surface area contributed by atoms with E-state index in [1.54, 1.807) is 32.0 Å². The Morgan fingerprint density at radius 3 is 2.07 bits per heavy atom. The maximum absolute atomic E-state index is 12.1. The molecule has 0 aromatic carbocycles. The molecule has 219 valence electrons. The number of allylic oxidation sites excluding steroid dienone is 3. The number of nitro groups is 1. The van der Waals surface area contributed by atoms with E-state index >= 15 is 0 Å². The van der Waals surface area contributed by atoms with Crippen LogP contribution in [0.25, 0.3) is 44.9 Å². The topological polar surface area (TPSA) is 172 Å². The van der Waals surface area contributed by atoms with Gasteiger partial charge in [0.25, 0.3) is 5.69 Å².